The van der Waals surface area contributed by atoms with Gasteiger partial charge in [0, 0.05) is 17.8 Å². The molecule has 3 aromatic rings. The molecular weight excluding hydrogens is 379 g/mol. The topological polar surface area (TPSA) is 70.7 Å². The molecule has 1 amide bonds. The van der Waals surface area contributed by atoms with Gasteiger partial charge in [0.05, 0.1) is 11.1 Å². The molecule has 4 unspecified atom stereocenters. The van der Waals surface area contributed by atoms with Crippen LogP contribution >= 0.6 is 0 Å². The lowest BCUT2D eigenvalue weighted by molar-refractivity contribution is -0.0389. The van der Waals surface area contributed by atoms with Gasteiger partial charge < -0.3 is 10.3 Å². The van der Waals surface area contributed by atoms with E-state index < -0.39 is 0 Å². The van der Waals surface area contributed by atoms with Gasteiger partial charge in [0.15, 0.2) is 5.65 Å². The Morgan fingerprint density at radius 1 is 1.27 bits per heavy atom. The van der Waals surface area contributed by atoms with Crippen molar-refractivity contribution in [3.05, 3.63) is 47.9 Å². The number of hydrogen-bond acceptors (Lipinski definition) is 3. The van der Waals surface area contributed by atoms with Crippen LogP contribution < -0.4 is 5.32 Å². The maximum Gasteiger partial charge on any atom is 0.253 e. The van der Waals surface area contributed by atoms with Crippen LogP contribution in [0.25, 0.3) is 22.6 Å². The quantitative estimate of drug-likeness (QED) is 0.664. The highest BCUT2D eigenvalue weighted by molar-refractivity contribution is 6.04. The van der Waals surface area contributed by atoms with Crippen molar-refractivity contribution in [2.24, 2.45) is 22.2 Å². The highest BCUT2D eigenvalue weighted by Gasteiger charge is 2.86. The van der Waals surface area contributed by atoms with Gasteiger partial charge in [-0.1, -0.05) is 32.9 Å². The summed E-state index contributed by atoms with van der Waals surface area (Å²) in [5.41, 5.74) is 3.19. The average Bonchev–Trinajstić information content (AvgIpc) is 3.01. The predicted octanol–water partition coefficient (Wildman–Crippen LogP) is 4.71. The molecule has 0 aliphatic heterocycles. The third kappa shape index (κ3) is 1.99. The minimum Gasteiger partial charge on any atom is -0.349 e. The molecule has 3 aliphatic carbocycles. The Morgan fingerprint density at radius 3 is 2.87 bits per heavy atom. The number of carbonyl (C=O) groups is 1. The van der Waals surface area contributed by atoms with Gasteiger partial charge in [0.1, 0.15) is 11.6 Å². The minimum atomic E-state index is -0.330. The van der Waals surface area contributed by atoms with Gasteiger partial charge in [-0.2, -0.15) is 0 Å². The molecule has 3 aliphatic rings. The van der Waals surface area contributed by atoms with Gasteiger partial charge in [-0.05, 0) is 59.6 Å². The summed E-state index contributed by atoms with van der Waals surface area (Å²) < 4.78 is 13.6. The molecule has 2 heterocycles. The second-order valence-corrected chi connectivity index (χ2v) is 10.1. The average molecular weight is 404 g/mol. The standard InChI is InChI=1S/C24H25FN4O/c1-22(2)16-7-9-23(3)17(12-24(16,22)23)27-21(30)15-8-10-26-20-18(15)28-19(29-20)13-5-4-6-14(25)11-13/h4-6,8,10-11,16-17H,7,9,12H2,1-3H3,(H,27,30)(H,26,28,29). The second-order valence-electron chi connectivity index (χ2n) is 10.1. The third-order valence-electron chi connectivity index (χ3n) is 8.84. The maximum atomic E-state index is 13.6. The number of imidazole rings is 1. The summed E-state index contributed by atoms with van der Waals surface area (Å²) in [6.45, 7) is 7.13. The molecule has 3 fully saturated rings. The molecule has 3 saturated carbocycles. The Bertz CT molecular complexity index is 1220. The summed E-state index contributed by atoms with van der Waals surface area (Å²) in [4.78, 5) is 25.2. The number of benzene rings is 1. The van der Waals surface area contributed by atoms with Gasteiger partial charge in [0.25, 0.3) is 5.91 Å². The summed E-state index contributed by atoms with van der Waals surface area (Å²) in [5, 5.41) is 3.31. The van der Waals surface area contributed by atoms with Crippen LogP contribution in [0, 0.1) is 28.0 Å². The molecular formula is C24H25FN4O. The number of pyridine rings is 1. The number of halogens is 1. The molecule has 0 saturated heterocycles. The van der Waals surface area contributed by atoms with Gasteiger partial charge in [-0.15, -0.1) is 0 Å². The summed E-state index contributed by atoms with van der Waals surface area (Å²) in [7, 11) is 0. The van der Waals surface area contributed by atoms with E-state index in [-0.39, 0.29) is 23.2 Å². The third-order valence-corrected chi connectivity index (χ3v) is 8.84. The fourth-order valence-electron chi connectivity index (χ4n) is 7.23. The van der Waals surface area contributed by atoms with Crippen molar-refractivity contribution in [1.82, 2.24) is 20.3 Å². The molecule has 5 nitrogen and oxygen atoms in total. The lowest BCUT2D eigenvalue weighted by atomic mass is 9.52. The molecule has 1 aromatic carbocycles. The zero-order chi connectivity index (χ0) is 20.9. The molecule has 4 atom stereocenters. The first-order valence-electron chi connectivity index (χ1n) is 10.7. The lowest BCUT2D eigenvalue weighted by Gasteiger charge is -2.56. The number of fused-ring (bicyclic) bond motifs is 1. The van der Waals surface area contributed by atoms with E-state index in [0.717, 1.165) is 12.3 Å². The zero-order valence-corrected chi connectivity index (χ0v) is 17.4. The van der Waals surface area contributed by atoms with Crippen LogP contribution in [0.4, 0.5) is 4.39 Å². The van der Waals surface area contributed by atoms with Crippen LogP contribution in [0.15, 0.2) is 36.5 Å². The summed E-state index contributed by atoms with van der Waals surface area (Å²) >= 11 is 0. The van der Waals surface area contributed by atoms with Gasteiger partial charge in [0.2, 0.25) is 0 Å². The van der Waals surface area contributed by atoms with Crippen LogP contribution in [-0.2, 0) is 0 Å². The molecule has 2 N–H and O–H groups in total. The van der Waals surface area contributed by atoms with Crippen molar-refractivity contribution in [3.63, 3.8) is 0 Å². The van der Waals surface area contributed by atoms with Crippen molar-refractivity contribution >= 4 is 17.1 Å². The maximum absolute atomic E-state index is 13.6. The molecule has 30 heavy (non-hydrogen) atoms. The number of aromatic nitrogens is 3. The van der Waals surface area contributed by atoms with Crippen LogP contribution in [0.3, 0.4) is 0 Å². The first-order valence-corrected chi connectivity index (χ1v) is 10.7. The van der Waals surface area contributed by atoms with E-state index in [1.54, 1.807) is 24.4 Å². The molecule has 1 spiro atoms. The lowest BCUT2D eigenvalue weighted by Crippen LogP contribution is -2.61. The Labute approximate surface area is 174 Å². The van der Waals surface area contributed by atoms with E-state index in [9.17, 15) is 9.18 Å². The van der Waals surface area contributed by atoms with Gasteiger partial charge in [-0.25, -0.2) is 14.4 Å². The van der Waals surface area contributed by atoms with Crippen molar-refractivity contribution in [3.8, 4) is 11.4 Å². The SMILES string of the molecule is CC1(C)C2CCC3(C)C(NC(=O)c4ccnc5nc(-c6cccc(F)c6)[nH]c45)CC213. The van der Waals surface area contributed by atoms with Crippen molar-refractivity contribution in [2.75, 3.05) is 0 Å². The zero-order valence-electron chi connectivity index (χ0n) is 17.4. The summed E-state index contributed by atoms with van der Waals surface area (Å²) in [5.74, 6) is 0.881. The first kappa shape index (κ1) is 18.0. The monoisotopic (exact) mass is 404 g/mol. The number of amides is 1. The van der Waals surface area contributed by atoms with Crippen LogP contribution in [-0.4, -0.2) is 26.9 Å². The van der Waals surface area contributed by atoms with E-state index in [2.05, 4.69) is 41.0 Å². The summed E-state index contributed by atoms with van der Waals surface area (Å²) in [6, 6.07) is 8.15. The first-order chi connectivity index (χ1) is 14.3. The van der Waals surface area contributed by atoms with Crippen molar-refractivity contribution in [1.29, 1.82) is 0 Å². The number of carbonyl (C=O) groups excluding carboxylic acids is 1. The number of H-pyrrole nitrogens is 1. The Kier molecular flexibility index (Phi) is 3.30. The van der Waals surface area contributed by atoms with E-state index in [1.165, 1.54) is 25.0 Å². The minimum absolute atomic E-state index is 0.0974. The number of rotatable bonds is 3. The van der Waals surface area contributed by atoms with Gasteiger partial charge >= 0.3 is 0 Å². The molecule has 0 bridgehead atoms. The number of hydrogen-bond donors (Lipinski definition) is 2. The van der Waals surface area contributed by atoms with E-state index in [1.807, 2.05) is 0 Å². The van der Waals surface area contributed by atoms with Crippen LogP contribution in [0.5, 0.6) is 0 Å². The molecule has 0 radical (unpaired) electrons. The fourth-order valence-corrected chi connectivity index (χ4v) is 7.23. The Morgan fingerprint density at radius 2 is 2.10 bits per heavy atom. The molecule has 154 valence electrons. The summed E-state index contributed by atoms with van der Waals surface area (Å²) in [6.07, 6.45) is 5.13. The van der Waals surface area contributed by atoms with E-state index >= 15 is 0 Å². The normalized spacial score (nSPS) is 32.9. The number of aromatic amines is 1. The smallest absolute Gasteiger partial charge is 0.253 e. The van der Waals surface area contributed by atoms with E-state index in [4.69, 9.17) is 0 Å². The van der Waals surface area contributed by atoms with Crippen LogP contribution in [0.1, 0.15) is 50.4 Å². The van der Waals surface area contributed by atoms with Crippen molar-refractivity contribution in [2.45, 2.75) is 46.1 Å². The van der Waals surface area contributed by atoms with E-state index in [0.29, 0.717) is 38.9 Å². The molecule has 6 heteroatoms. The highest BCUT2D eigenvalue weighted by Crippen LogP contribution is 2.90. The van der Waals surface area contributed by atoms with Crippen molar-refractivity contribution < 1.29 is 9.18 Å². The Balaban J connectivity index is 1.30. The number of nitrogens with one attached hydrogen (secondary N) is 2. The van der Waals surface area contributed by atoms with Gasteiger partial charge in [-0.3, -0.25) is 4.79 Å². The largest absolute Gasteiger partial charge is 0.349 e. The second kappa shape index (κ2) is 5.48. The fraction of sp³-hybridized carbons (Fsp3) is 0.458. The molecule has 6 rings (SSSR count). The Hall–Kier alpha value is -2.76. The van der Waals surface area contributed by atoms with Crippen LogP contribution in [0.2, 0.25) is 0 Å². The highest BCUT2D eigenvalue weighted by atomic mass is 19.1. The number of nitrogens with zero attached hydrogens (tertiary/aromatic N) is 2. The predicted molar refractivity (Wildman–Crippen MR) is 112 cm³/mol. The molecule has 2 aromatic heterocycles.